The van der Waals surface area contributed by atoms with E-state index in [1.807, 2.05) is 13.8 Å². The van der Waals surface area contributed by atoms with E-state index in [2.05, 4.69) is 26.5 Å². The van der Waals surface area contributed by atoms with E-state index in [1.165, 1.54) is 24.8 Å². The van der Waals surface area contributed by atoms with Gasteiger partial charge in [-0.25, -0.2) is 0 Å². The van der Waals surface area contributed by atoms with E-state index in [0.29, 0.717) is 0 Å². The summed E-state index contributed by atoms with van der Waals surface area (Å²) in [6.07, 6.45) is 11.6. The van der Waals surface area contributed by atoms with Crippen LogP contribution in [0.2, 0.25) is 0 Å². The standard InChI is InChI=1S/C19H36O2/c1-6-7-8-11-16(2)12-9-14-19(5,21)15-10-13-17(3)18(4)20/h11,17,20-21H,4,6-10,12-15H2,1-3,5H3/b16-11+. The molecule has 2 nitrogen and oxygen atoms in total. The van der Waals surface area contributed by atoms with Gasteiger partial charge >= 0.3 is 0 Å². The van der Waals surface area contributed by atoms with E-state index >= 15 is 0 Å². The van der Waals surface area contributed by atoms with Crippen molar-refractivity contribution in [1.82, 2.24) is 0 Å². The van der Waals surface area contributed by atoms with Gasteiger partial charge in [0.05, 0.1) is 11.4 Å². The van der Waals surface area contributed by atoms with Gasteiger partial charge in [0.15, 0.2) is 0 Å². The number of aliphatic hydroxyl groups excluding tert-OH is 1. The lowest BCUT2D eigenvalue weighted by molar-refractivity contribution is 0.0365. The van der Waals surface area contributed by atoms with Crippen molar-refractivity contribution < 1.29 is 10.2 Å². The van der Waals surface area contributed by atoms with Crippen molar-refractivity contribution in [1.29, 1.82) is 0 Å². The Labute approximate surface area is 132 Å². The Morgan fingerprint density at radius 3 is 2.43 bits per heavy atom. The molecule has 0 bridgehead atoms. The third-order valence-corrected chi connectivity index (χ3v) is 4.26. The highest BCUT2D eigenvalue weighted by Gasteiger charge is 2.20. The fourth-order valence-corrected chi connectivity index (χ4v) is 2.48. The molecule has 0 saturated carbocycles. The molecule has 0 aliphatic rings. The summed E-state index contributed by atoms with van der Waals surface area (Å²) in [5.74, 6) is 0.382. The third kappa shape index (κ3) is 11.6. The molecule has 0 heterocycles. The number of hydrogen-bond donors (Lipinski definition) is 2. The van der Waals surface area contributed by atoms with E-state index in [9.17, 15) is 10.2 Å². The molecule has 0 radical (unpaired) electrons. The summed E-state index contributed by atoms with van der Waals surface area (Å²) < 4.78 is 0. The highest BCUT2D eigenvalue weighted by Crippen LogP contribution is 2.24. The lowest BCUT2D eigenvalue weighted by Gasteiger charge is -2.24. The van der Waals surface area contributed by atoms with Gasteiger partial charge in [0.1, 0.15) is 0 Å². The van der Waals surface area contributed by atoms with Gasteiger partial charge in [-0.2, -0.15) is 0 Å². The zero-order valence-electron chi connectivity index (χ0n) is 14.6. The van der Waals surface area contributed by atoms with Crippen LogP contribution in [0.25, 0.3) is 0 Å². The average Bonchev–Trinajstić information content (AvgIpc) is 2.38. The molecule has 2 unspecified atom stereocenters. The smallest absolute Gasteiger partial charge is 0.0879 e. The second-order valence-electron chi connectivity index (χ2n) is 6.83. The Hall–Kier alpha value is -0.760. The van der Waals surface area contributed by atoms with Crippen LogP contribution in [-0.4, -0.2) is 15.8 Å². The Kier molecular flexibility index (Phi) is 10.5. The molecule has 0 rings (SSSR count). The predicted molar refractivity (Wildman–Crippen MR) is 92.5 cm³/mol. The van der Waals surface area contributed by atoms with Crippen molar-refractivity contribution in [3.8, 4) is 0 Å². The Balaban J connectivity index is 3.86. The summed E-state index contributed by atoms with van der Waals surface area (Å²) >= 11 is 0. The van der Waals surface area contributed by atoms with Gasteiger partial charge in [-0.3, -0.25) is 0 Å². The van der Waals surface area contributed by atoms with E-state index < -0.39 is 5.60 Å². The lowest BCUT2D eigenvalue weighted by Crippen LogP contribution is -2.24. The summed E-state index contributed by atoms with van der Waals surface area (Å²) in [6, 6.07) is 0. The van der Waals surface area contributed by atoms with Crippen LogP contribution in [-0.2, 0) is 0 Å². The molecule has 0 fully saturated rings. The molecule has 0 aromatic rings. The van der Waals surface area contributed by atoms with Crippen LogP contribution >= 0.6 is 0 Å². The van der Waals surface area contributed by atoms with Gasteiger partial charge < -0.3 is 10.2 Å². The molecule has 2 atom stereocenters. The molecular weight excluding hydrogens is 260 g/mol. The van der Waals surface area contributed by atoms with Crippen LogP contribution in [0.4, 0.5) is 0 Å². The van der Waals surface area contributed by atoms with Crippen molar-refractivity contribution in [3.05, 3.63) is 24.0 Å². The second-order valence-corrected chi connectivity index (χ2v) is 6.83. The average molecular weight is 296 g/mol. The molecule has 2 N–H and O–H groups in total. The molecule has 124 valence electrons. The van der Waals surface area contributed by atoms with Gasteiger partial charge in [0.2, 0.25) is 0 Å². The van der Waals surface area contributed by atoms with Gasteiger partial charge in [0.25, 0.3) is 0 Å². The van der Waals surface area contributed by atoms with Gasteiger partial charge in [0, 0.05) is 5.92 Å². The predicted octanol–water partition coefficient (Wildman–Crippen LogP) is 5.92. The first kappa shape index (κ1) is 20.2. The first-order valence-corrected chi connectivity index (χ1v) is 8.54. The molecule has 0 aliphatic carbocycles. The minimum atomic E-state index is -0.583. The number of hydrogen-bond acceptors (Lipinski definition) is 2. The quantitative estimate of drug-likeness (QED) is 0.266. The summed E-state index contributed by atoms with van der Waals surface area (Å²) in [6.45, 7) is 11.9. The fraction of sp³-hybridized carbons (Fsp3) is 0.789. The van der Waals surface area contributed by atoms with Crippen molar-refractivity contribution in [2.24, 2.45) is 5.92 Å². The van der Waals surface area contributed by atoms with E-state index in [4.69, 9.17) is 0 Å². The Bertz CT molecular complexity index is 316. The van der Waals surface area contributed by atoms with Gasteiger partial charge in [-0.15, -0.1) is 0 Å². The number of allylic oxidation sites excluding steroid dienone is 3. The SMILES string of the molecule is C=C(O)C(C)CCCC(C)(O)CCC/C(C)=C/CCCC. The van der Waals surface area contributed by atoms with Gasteiger partial charge in [-0.1, -0.05) is 44.9 Å². The maximum atomic E-state index is 10.4. The number of aliphatic hydroxyl groups is 2. The Morgan fingerprint density at radius 2 is 1.86 bits per heavy atom. The van der Waals surface area contributed by atoms with E-state index in [0.717, 1.165) is 38.5 Å². The van der Waals surface area contributed by atoms with Crippen molar-refractivity contribution in [2.75, 3.05) is 0 Å². The van der Waals surface area contributed by atoms with Crippen LogP contribution < -0.4 is 0 Å². The number of unbranched alkanes of at least 4 members (excludes halogenated alkanes) is 2. The highest BCUT2D eigenvalue weighted by molar-refractivity contribution is 4.98. The summed E-state index contributed by atoms with van der Waals surface area (Å²) in [7, 11) is 0. The van der Waals surface area contributed by atoms with Gasteiger partial charge in [-0.05, 0) is 58.8 Å². The Morgan fingerprint density at radius 1 is 1.24 bits per heavy atom. The molecule has 0 aromatic heterocycles. The summed E-state index contributed by atoms with van der Waals surface area (Å²) in [5.41, 5.74) is 0.865. The first-order valence-electron chi connectivity index (χ1n) is 8.54. The number of rotatable bonds is 12. The largest absolute Gasteiger partial charge is 0.513 e. The normalized spacial score (nSPS) is 16.5. The van der Waals surface area contributed by atoms with Crippen molar-refractivity contribution in [3.63, 3.8) is 0 Å². The molecule has 0 aromatic carbocycles. The zero-order chi connectivity index (χ0) is 16.3. The molecule has 0 amide bonds. The zero-order valence-corrected chi connectivity index (χ0v) is 14.6. The molecule has 2 heteroatoms. The molecule has 0 aliphatic heterocycles. The van der Waals surface area contributed by atoms with Crippen molar-refractivity contribution in [2.45, 2.75) is 91.1 Å². The lowest BCUT2D eigenvalue weighted by atomic mass is 9.90. The van der Waals surface area contributed by atoms with Crippen LogP contribution in [0.5, 0.6) is 0 Å². The third-order valence-electron chi connectivity index (χ3n) is 4.26. The molecule has 0 saturated heterocycles. The van der Waals surface area contributed by atoms with Crippen LogP contribution in [0, 0.1) is 5.92 Å². The maximum Gasteiger partial charge on any atom is 0.0879 e. The topological polar surface area (TPSA) is 40.5 Å². The molecule has 0 spiro atoms. The molecular formula is C19H36O2. The van der Waals surface area contributed by atoms with Crippen LogP contribution in [0.1, 0.15) is 85.5 Å². The van der Waals surface area contributed by atoms with Crippen molar-refractivity contribution >= 4 is 0 Å². The summed E-state index contributed by atoms with van der Waals surface area (Å²) in [4.78, 5) is 0. The second kappa shape index (κ2) is 10.9. The van der Waals surface area contributed by atoms with Crippen LogP contribution in [0.15, 0.2) is 24.0 Å². The van der Waals surface area contributed by atoms with E-state index in [1.54, 1.807) is 0 Å². The molecule has 21 heavy (non-hydrogen) atoms. The van der Waals surface area contributed by atoms with Crippen LogP contribution in [0.3, 0.4) is 0 Å². The maximum absolute atomic E-state index is 10.4. The minimum absolute atomic E-state index is 0.129. The highest BCUT2D eigenvalue weighted by atomic mass is 16.3. The monoisotopic (exact) mass is 296 g/mol. The fourth-order valence-electron chi connectivity index (χ4n) is 2.48. The van der Waals surface area contributed by atoms with E-state index in [-0.39, 0.29) is 11.7 Å². The first-order chi connectivity index (χ1) is 9.78. The summed E-state index contributed by atoms with van der Waals surface area (Å²) in [5, 5.41) is 19.7. The minimum Gasteiger partial charge on any atom is -0.513 e.